The number of likely N-dealkylation sites (N-methyl/N-ethyl adjacent to an activating group) is 1. The first-order valence-corrected chi connectivity index (χ1v) is 6.07. The molecule has 0 saturated carbocycles. The fourth-order valence-electron chi connectivity index (χ4n) is 2.53. The number of benzene rings is 1. The smallest absolute Gasteiger partial charge is 0.235 e. The number of amides is 1. The molecule has 0 spiro atoms. The van der Waals surface area contributed by atoms with E-state index in [2.05, 4.69) is 23.2 Å². The summed E-state index contributed by atoms with van der Waals surface area (Å²) in [6.07, 6.45) is 0.995. The quantitative estimate of drug-likeness (QED) is 0.829. The number of hydrogen-bond acceptors (Lipinski definition) is 3. The van der Waals surface area contributed by atoms with Crippen LogP contribution in [0.15, 0.2) is 18.2 Å². The molecule has 0 radical (unpaired) electrons. The fourth-order valence-corrected chi connectivity index (χ4v) is 2.53. The van der Waals surface area contributed by atoms with E-state index in [0.717, 1.165) is 30.9 Å². The number of carbonyl (C=O) groups is 1. The summed E-state index contributed by atoms with van der Waals surface area (Å²) in [5.74, 6) is 1.09. The first-order chi connectivity index (χ1) is 8.28. The minimum Gasteiger partial charge on any atom is -0.493 e. The summed E-state index contributed by atoms with van der Waals surface area (Å²) in [5.41, 5.74) is 2.40. The standard InChI is InChI=1S/C13H16N2O2/c1-2-15-8-12(16)14-13(15)10-3-4-11-9(7-10)5-6-17-11/h3-4,7,13H,2,5-6,8H2,1H3,(H,14,16)/t13-/m0/s1. The van der Waals surface area contributed by atoms with Crippen LogP contribution in [0.25, 0.3) is 0 Å². The third kappa shape index (κ3) is 1.78. The van der Waals surface area contributed by atoms with Gasteiger partial charge in [0.1, 0.15) is 11.9 Å². The van der Waals surface area contributed by atoms with Gasteiger partial charge in [0, 0.05) is 6.42 Å². The van der Waals surface area contributed by atoms with Crippen molar-refractivity contribution < 1.29 is 9.53 Å². The summed E-state index contributed by atoms with van der Waals surface area (Å²) in [4.78, 5) is 13.6. The van der Waals surface area contributed by atoms with E-state index in [0.29, 0.717) is 6.54 Å². The minimum atomic E-state index is 0.0263. The molecule has 2 aliphatic rings. The van der Waals surface area contributed by atoms with Crippen LogP contribution in [0.5, 0.6) is 5.75 Å². The molecule has 1 aromatic rings. The van der Waals surface area contributed by atoms with E-state index in [1.54, 1.807) is 0 Å². The van der Waals surface area contributed by atoms with Crippen LogP contribution in [0, 0.1) is 0 Å². The first kappa shape index (κ1) is 10.6. The molecule has 4 nitrogen and oxygen atoms in total. The average Bonchev–Trinajstić information content (AvgIpc) is 2.93. The molecular formula is C13H16N2O2. The van der Waals surface area contributed by atoms with Crippen LogP contribution in [-0.4, -0.2) is 30.5 Å². The summed E-state index contributed by atoms with van der Waals surface area (Å²) in [7, 11) is 0. The Morgan fingerprint density at radius 3 is 3.24 bits per heavy atom. The van der Waals surface area contributed by atoms with Gasteiger partial charge in [0.25, 0.3) is 0 Å². The SMILES string of the molecule is CCN1CC(=O)N[C@@H]1c1ccc2c(c1)CCO2. The van der Waals surface area contributed by atoms with Crippen LogP contribution < -0.4 is 10.1 Å². The molecule has 0 unspecified atom stereocenters. The molecule has 1 N–H and O–H groups in total. The Kier molecular flexibility index (Phi) is 2.52. The zero-order valence-electron chi connectivity index (χ0n) is 9.90. The van der Waals surface area contributed by atoms with Crippen LogP contribution in [-0.2, 0) is 11.2 Å². The summed E-state index contributed by atoms with van der Waals surface area (Å²) >= 11 is 0. The van der Waals surface area contributed by atoms with Crippen molar-refractivity contribution in [1.82, 2.24) is 10.2 Å². The van der Waals surface area contributed by atoms with Gasteiger partial charge in [0.2, 0.25) is 5.91 Å². The topological polar surface area (TPSA) is 41.6 Å². The van der Waals surface area contributed by atoms with Crippen LogP contribution in [0.4, 0.5) is 0 Å². The third-order valence-corrected chi connectivity index (χ3v) is 3.44. The maximum atomic E-state index is 11.5. The van der Waals surface area contributed by atoms with Crippen molar-refractivity contribution in [2.75, 3.05) is 19.7 Å². The predicted molar refractivity (Wildman–Crippen MR) is 63.8 cm³/mol. The van der Waals surface area contributed by atoms with Gasteiger partial charge in [-0.1, -0.05) is 13.0 Å². The molecule has 1 atom stereocenters. The maximum Gasteiger partial charge on any atom is 0.235 e. The number of carbonyl (C=O) groups excluding carboxylic acids is 1. The zero-order chi connectivity index (χ0) is 11.8. The van der Waals surface area contributed by atoms with Crippen LogP contribution in [0.1, 0.15) is 24.2 Å². The van der Waals surface area contributed by atoms with Gasteiger partial charge in [-0.2, -0.15) is 0 Å². The molecule has 1 aromatic carbocycles. The summed E-state index contributed by atoms with van der Waals surface area (Å²) < 4.78 is 5.49. The fraction of sp³-hybridized carbons (Fsp3) is 0.462. The summed E-state index contributed by atoms with van der Waals surface area (Å²) in [5, 5.41) is 3.01. The first-order valence-electron chi connectivity index (χ1n) is 6.07. The highest BCUT2D eigenvalue weighted by atomic mass is 16.5. The van der Waals surface area contributed by atoms with Crippen molar-refractivity contribution >= 4 is 5.91 Å². The third-order valence-electron chi connectivity index (χ3n) is 3.44. The lowest BCUT2D eigenvalue weighted by Gasteiger charge is -2.22. The Morgan fingerprint density at radius 2 is 2.41 bits per heavy atom. The number of ether oxygens (including phenoxy) is 1. The number of fused-ring (bicyclic) bond motifs is 1. The normalized spacial score (nSPS) is 23.4. The van der Waals surface area contributed by atoms with E-state index in [9.17, 15) is 4.79 Å². The second-order valence-corrected chi connectivity index (χ2v) is 4.50. The Bertz CT molecular complexity index is 459. The summed E-state index contributed by atoms with van der Waals surface area (Å²) in [6.45, 7) is 4.21. The predicted octanol–water partition coefficient (Wildman–Crippen LogP) is 1.07. The molecule has 3 rings (SSSR count). The van der Waals surface area contributed by atoms with Crippen molar-refractivity contribution in [2.45, 2.75) is 19.5 Å². The van der Waals surface area contributed by atoms with E-state index < -0.39 is 0 Å². The van der Waals surface area contributed by atoms with Gasteiger partial charge in [-0.15, -0.1) is 0 Å². The van der Waals surface area contributed by atoms with E-state index in [1.807, 2.05) is 12.1 Å². The van der Waals surface area contributed by atoms with Crippen molar-refractivity contribution in [1.29, 1.82) is 0 Å². The highest BCUT2D eigenvalue weighted by Crippen LogP contribution is 2.30. The maximum absolute atomic E-state index is 11.5. The molecule has 90 valence electrons. The van der Waals surface area contributed by atoms with Gasteiger partial charge in [-0.05, 0) is 29.8 Å². The molecule has 0 aromatic heterocycles. The largest absolute Gasteiger partial charge is 0.493 e. The van der Waals surface area contributed by atoms with Gasteiger partial charge in [0.05, 0.1) is 13.2 Å². The van der Waals surface area contributed by atoms with Crippen LogP contribution >= 0.6 is 0 Å². The number of nitrogens with zero attached hydrogens (tertiary/aromatic N) is 1. The van der Waals surface area contributed by atoms with E-state index in [1.165, 1.54) is 5.56 Å². The minimum absolute atomic E-state index is 0.0263. The highest BCUT2D eigenvalue weighted by Gasteiger charge is 2.30. The average molecular weight is 232 g/mol. The lowest BCUT2D eigenvalue weighted by molar-refractivity contribution is -0.118. The molecule has 4 heteroatoms. The van der Waals surface area contributed by atoms with Gasteiger partial charge in [-0.25, -0.2) is 0 Å². The molecular weight excluding hydrogens is 216 g/mol. The molecule has 0 aliphatic carbocycles. The molecule has 1 amide bonds. The van der Waals surface area contributed by atoms with E-state index in [4.69, 9.17) is 4.74 Å². The van der Waals surface area contributed by atoms with Crippen molar-refractivity contribution in [3.8, 4) is 5.75 Å². The van der Waals surface area contributed by atoms with Gasteiger partial charge < -0.3 is 10.1 Å². The monoisotopic (exact) mass is 232 g/mol. The lowest BCUT2D eigenvalue weighted by Crippen LogP contribution is -2.27. The van der Waals surface area contributed by atoms with Gasteiger partial charge >= 0.3 is 0 Å². The second-order valence-electron chi connectivity index (χ2n) is 4.50. The molecule has 2 aliphatic heterocycles. The number of nitrogens with one attached hydrogen (secondary N) is 1. The second kappa shape index (κ2) is 4.04. The molecule has 1 saturated heterocycles. The Labute approximate surface area is 101 Å². The Morgan fingerprint density at radius 1 is 1.53 bits per heavy atom. The van der Waals surface area contributed by atoms with E-state index >= 15 is 0 Å². The molecule has 17 heavy (non-hydrogen) atoms. The zero-order valence-corrected chi connectivity index (χ0v) is 9.90. The number of hydrogen-bond donors (Lipinski definition) is 1. The molecule has 0 bridgehead atoms. The Hall–Kier alpha value is -1.55. The highest BCUT2D eigenvalue weighted by molar-refractivity contribution is 5.80. The van der Waals surface area contributed by atoms with Gasteiger partial charge in [-0.3, -0.25) is 9.69 Å². The van der Waals surface area contributed by atoms with Crippen molar-refractivity contribution in [3.05, 3.63) is 29.3 Å². The van der Waals surface area contributed by atoms with Crippen molar-refractivity contribution in [2.24, 2.45) is 0 Å². The van der Waals surface area contributed by atoms with E-state index in [-0.39, 0.29) is 12.1 Å². The molecule has 2 heterocycles. The Balaban J connectivity index is 1.91. The van der Waals surface area contributed by atoms with Crippen LogP contribution in [0.3, 0.4) is 0 Å². The summed E-state index contributed by atoms with van der Waals surface area (Å²) in [6, 6.07) is 6.21. The van der Waals surface area contributed by atoms with Gasteiger partial charge in [0.15, 0.2) is 0 Å². The van der Waals surface area contributed by atoms with Crippen molar-refractivity contribution in [3.63, 3.8) is 0 Å². The molecule has 1 fully saturated rings. The number of rotatable bonds is 2. The lowest BCUT2D eigenvalue weighted by atomic mass is 10.1. The van der Waals surface area contributed by atoms with Crippen LogP contribution in [0.2, 0.25) is 0 Å².